The van der Waals surface area contributed by atoms with Gasteiger partial charge in [-0.1, -0.05) is 54.3 Å². The first-order valence-electron chi connectivity index (χ1n) is 9.25. The van der Waals surface area contributed by atoms with Gasteiger partial charge < -0.3 is 9.47 Å². The van der Waals surface area contributed by atoms with Gasteiger partial charge in [-0.3, -0.25) is 4.79 Å². The molecule has 0 atom stereocenters. The maximum Gasteiger partial charge on any atom is 0.305 e. The van der Waals surface area contributed by atoms with Crippen molar-refractivity contribution >= 4 is 21.9 Å². The zero-order valence-corrected chi connectivity index (χ0v) is 16.5. The van der Waals surface area contributed by atoms with Crippen LogP contribution in [0.1, 0.15) is 77.6 Å². The maximum absolute atomic E-state index is 11.5. The normalized spacial score (nSPS) is 11.2. The summed E-state index contributed by atoms with van der Waals surface area (Å²) in [6.07, 6.45) is 16.0. The van der Waals surface area contributed by atoms with Crippen LogP contribution in [0.25, 0.3) is 0 Å². The predicted molar refractivity (Wildman–Crippen MR) is 101 cm³/mol. The highest BCUT2D eigenvalue weighted by atomic mass is 79.9. The van der Waals surface area contributed by atoms with E-state index in [1.54, 1.807) is 0 Å². The molecule has 0 aromatic heterocycles. The summed E-state index contributed by atoms with van der Waals surface area (Å²) in [5.74, 6) is -0.0845. The average molecular weight is 391 g/mol. The van der Waals surface area contributed by atoms with Crippen molar-refractivity contribution in [3.8, 4) is 0 Å². The molecule has 0 heterocycles. The summed E-state index contributed by atoms with van der Waals surface area (Å²) in [6.45, 7) is 4.17. The number of rotatable bonds is 17. The number of unbranched alkanes of at least 4 members (excludes halogenated alkanes) is 6. The zero-order chi connectivity index (χ0) is 17.0. The fourth-order valence-corrected chi connectivity index (χ4v) is 2.55. The second-order valence-electron chi connectivity index (χ2n) is 5.77. The molecule has 3 nitrogen and oxygen atoms in total. The Balaban J connectivity index is 3.17. The number of ether oxygens (including phenoxy) is 2. The molecule has 0 aliphatic carbocycles. The van der Waals surface area contributed by atoms with Gasteiger partial charge in [0.25, 0.3) is 0 Å². The first-order valence-corrected chi connectivity index (χ1v) is 10.4. The Bertz CT molecular complexity index is 280. The van der Waals surface area contributed by atoms with Crippen LogP contribution in [0.2, 0.25) is 0 Å². The molecular weight excluding hydrogens is 356 g/mol. The summed E-state index contributed by atoms with van der Waals surface area (Å²) < 4.78 is 10.8. The molecular formula is C19H35BrO3. The smallest absolute Gasteiger partial charge is 0.305 e. The summed E-state index contributed by atoms with van der Waals surface area (Å²) in [5, 5.41) is 1.08. The lowest BCUT2D eigenvalue weighted by atomic mass is 10.2. The molecule has 0 bridgehead atoms. The van der Waals surface area contributed by atoms with Crippen molar-refractivity contribution in [2.75, 3.05) is 25.2 Å². The molecule has 136 valence electrons. The fourth-order valence-electron chi connectivity index (χ4n) is 2.16. The molecule has 23 heavy (non-hydrogen) atoms. The second kappa shape index (κ2) is 19.7. The third kappa shape index (κ3) is 19.6. The van der Waals surface area contributed by atoms with Gasteiger partial charge in [-0.05, 0) is 44.9 Å². The largest absolute Gasteiger partial charge is 0.466 e. The van der Waals surface area contributed by atoms with Gasteiger partial charge in [0.15, 0.2) is 0 Å². The number of hydrogen-bond acceptors (Lipinski definition) is 3. The molecule has 0 spiro atoms. The summed E-state index contributed by atoms with van der Waals surface area (Å²) in [5.41, 5.74) is 0. The summed E-state index contributed by atoms with van der Waals surface area (Å²) >= 11 is 3.43. The fraction of sp³-hybridized carbons (Fsp3) is 0.842. The Morgan fingerprint density at radius 3 is 2.35 bits per heavy atom. The van der Waals surface area contributed by atoms with Crippen LogP contribution in [-0.4, -0.2) is 31.1 Å². The number of carbonyl (C=O) groups excluding carboxylic acids is 1. The van der Waals surface area contributed by atoms with Gasteiger partial charge in [0.1, 0.15) is 0 Å². The molecule has 0 unspecified atom stereocenters. The van der Waals surface area contributed by atoms with Crippen LogP contribution in [0.3, 0.4) is 0 Å². The molecule has 0 N–H and O–H groups in total. The van der Waals surface area contributed by atoms with E-state index in [9.17, 15) is 4.79 Å². The Morgan fingerprint density at radius 1 is 0.870 bits per heavy atom. The van der Waals surface area contributed by atoms with Gasteiger partial charge in [-0.2, -0.15) is 0 Å². The lowest BCUT2D eigenvalue weighted by Crippen LogP contribution is -2.07. The Labute approximate surface area is 151 Å². The molecule has 0 amide bonds. The van der Waals surface area contributed by atoms with Gasteiger partial charge >= 0.3 is 5.97 Å². The van der Waals surface area contributed by atoms with Crippen LogP contribution in [-0.2, 0) is 14.3 Å². The number of esters is 1. The average Bonchev–Trinajstić information content (AvgIpc) is 2.55. The predicted octanol–water partition coefficient (Wildman–Crippen LogP) is 5.81. The number of halogens is 1. The zero-order valence-electron chi connectivity index (χ0n) is 14.9. The Kier molecular flexibility index (Phi) is 19.4. The van der Waals surface area contributed by atoms with E-state index in [0.717, 1.165) is 50.5 Å². The van der Waals surface area contributed by atoms with E-state index in [1.807, 2.05) is 0 Å². The van der Waals surface area contributed by atoms with Gasteiger partial charge in [-0.15, -0.1) is 0 Å². The number of hydrogen-bond donors (Lipinski definition) is 0. The lowest BCUT2D eigenvalue weighted by molar-refractivity contribution is -0.144. The highest BCUT2D eigenvalue weighted by Crippen LogP contribution is 2.05. The maximum atomic E-state index is 11.5. The van der Waals surface area contributed by atoms with Crippen molar-refractivity contribution in [2.45, 2.75) is 77.6 Å². The van der Waals surface area contributed by atoms with E-state index >= 15 is 0 Å². The molecule has 0 fully saturated rings. The number of allylic oxidation sites excluding steroid dienone is 2. The minimum Gasteiger partial charge on any atom is -0.466 e. The van der Waals surface area contributed by atoms with E-state index in [1.165, 1.54) is 25.7 Å². The van der Waals surface area contributed by atoms with E-state index in [-0.39, 0.29) is 5.97 Å². The topological polar surface area (TPSA) is 35.5 Å². The summed E-state index contributed by atoms with van der Waals surface area (Å²) in [4.78, 5) is 11.5. The molecule has 0 saturated heterocycles. The van der Waals surface area contributed by atoms with Crippen molar-refractivity contribution in [3.63, 3.8) is 0 Å². The van der Waals surface area contributed by atoms with Crippen molar-refractivity contribution in [1.29, 1.82) is 0 Å². The van der Waals surface area contributed by atoms with Crippen molar-refractivity contribution in [1.82, 2.24) is 0 Å². The summed E-state index contributed by atoms with van der Waals surface area (Å²) in [6, 6.07) is 0. The van der Waals surface area contributed by atoms with E-state index < -0.39 is 0 Å². The molecule has 0 aliphatic rings. The van der Waals surface area contributed by atoms with Crippen LogP contribution < -0.4 is 0 Å². The highest BCUT2D eigenvalue weighted by molar-refractivity contribution is 9.09. The third-order valence-electron chi connectivity index (χ3n) is 3.52. The van der Waals surface area contributed by atoms with Crippen LogP contribution in [0.15, 0.2) is 12.2 Å². The van der Waals surface area contributed by atoms with Gasteiger partial charge in [0.2, 0.25) is 0 Å². The van der Waals surface area contributed by atoms with E-state index in [0.29, 0.717) is 19.6 Å². The standard InChI is InChI=1S/C19H35BrO3/c1-2-3-4-5-8-11-16-22-17-13-14-19(21)23-18-12-9-6-7-10-15-20/h3-4H,2,5-18H2,1H3/b4-3-. The minimum absolute atomic E-state index is 0.0845. The molecule has 0 aromatic rings. The Morgan fingerprint density at radius 2 is 1.57 bits per heavy atom. The lowest BCUT2D eigenvalue weighted by Gasteiger charge is -2.06. The van der Waals surface area contributed by atoms with Crippen molar-refractivity contribution in [3.05, 3.63) is 12.2 Å². The van der Waals surface area contributed by atoms with Crippen LogP contribution >= 0.6 is 15.9 Å². The van der Waals surface area contributed by atoms with Gasteiger partial charge in [-0.25, -0.2) is 0 Å². The van der Waals surface area contributed by atoms with Gasteiger partial charge in [0.05, 0.1) is 6.61 Å². The van der Waals surface area contributed by atoms with E-state index in [4.69, 9.17) is 9.47 Å². The summed E-state index contributed by atoms with van der Waals surface area (Å²) in [7, 11) is 0. The number of alkyl halides is 1. The first-order chi connectivity index (χ1) is 11.3. The van der Waals surface area contributed by atoms with Crippen LogP contribution in [0.4, 0.5) is 0 Å². The molecule has 0 aromatic carbocycles. The molecule has 0 radical (unpaired) electrons. The van der Waals surface area contributed by atoms with Crippen LogP contribution in [0, 0.1) is 0 Å². The van der Waals surface area contributed by atoms with Gasteiger partial charge in [0, 0.05) is 25.0 Å². The second-order valence-corrected chi connectivity index (χ2v) is 6.56. The first kappa shape index (κ1) is 22.6. The third-order valence-corrected chi connectivity index (χ3v) is 4.08. The van der Waals surface area contributed by atoms with E-state index in [2.05, 4.69) is 35.0 Å². The van der Waals surface area contributed by atoms with Crippen molar-refractivity contribution < 1.29 is 14.3 Å². The molecule has 0 saturated carbocycles. The SMILES string of the molecule is CC/C=C\CCCCOCCCC(=O)OCCCCCCCBr. The molecule has 0 rings (SSSR count). The highest BCUT2D eigenvalue weighted by Gasteiger charge is 2.02. The monoisotopic (exact) mass is 390 g/mol. The minimum atomic E-state index is -0.0845. The quantitative estimate of drug-likeness (QED) is 0.136. The molecule has 0 aliphatic heterocycles. The number of carbonyl (C=O) groups is 1. The van der Waals surface area contributed by atoms with Crippen LogP contribution in [0.5, 0.6) is 0 Å². The molecule has 4 heteroatoms. The Hall–Kier alpha value is -0.350. The van der Waals surface area contributed by atoms with Crippen molar-refractivity contribution in [2.24, 2.45) is 0 Å².